The topological polar surface area (TPSA) is 40.6 Å². The average Bonchev–Trinajstić information content (AvgIpc) is 2.48. The van der Waals surface area contributed by atoms with Gasteiger partial charge in [0.05, 0.1) is 6.42 Å². The van der Waals surface area contributed by atoms with Crippen molar-refractivity contribution in [2.24, 2.45) is 5.41 Å². The average molecular weight is 323 g/mol. The summed E-state index contributed by atoms with van der Waals surface area (Å²) in [4.78, 5) is 28.2. The highest BCUT2D eigenvalue weighted by atomic mass is 35.5. The summed E-state index contributed by atoms with van der Waals surface area (Å²) < 4.78 is 0. The molecular formula is C17H23ClN2O2. The molecule has 1 heterocycles. The monoisotopic (exact) mass is 322 g/mol. The molecule has 0 spiro atoms. The Hall–Kier alpha value is -1.55. The second kappa shape index (κ2) is 6.69. The fourth-order valence-corrected chi connectivity index (χ4v) is 2.65. The maximum Gasteiger partial charge on any atom is 0.228 e. The summed E-state index contributed by atoms with van der Waals surface area (Å²) in [6, 6.07) is 7.34. The summed E-state index contributed by atoms with van der Waals surface area (Å²) >= 11 is 5.85. The molecule has 0 unspecified atom stereocenters. The summed E-state index contributed by atoms with van der Waals surface area (Å²) in [5, 5.41) is 0.672. The van der Waals surface area contributed by atoms with Crippen molar-refractivity contribution in [2.75, 3.05) is 26.2 Å². The van der Waals surface area contributed by atoms with Crippen LogP contribution < -0.4 is 0 Å². The molecule has 2 rings (SSSR count). The minimum absolute atomic E-state index is 0.102. The number of amides is 2. The van der Waals surface area contributed by atoms with Gasteiger partial charge in [0, 0.05) is 36.6 Å². The minimum atomic E-state index is -0.366. The molecule has 0 atom stereocenters. The van der Waals surface area contributed by atoms with Gasteiger partial charge in [-0.3, -0.25) is 9.59 Å². The maximum atomic E-state index is 12.3. The third-order valence-corrected chi connectivity index (χ3v) is 4.08. The van der Waals surface area contributed by atoms with Crippen LogP contribution >= 0.6 is 11.6 Å². The van der Waals surface area contributed by atoms with Crippen LogP contribution in [0.15, 0.2) is 24.3 Å². The van der Waals surface area contributed by atoms with Crippen LogP contribution in [0, 0.1) is 5.41 Å². The minimum Gasteiger partial charge on any atom is -0.339 e. The Bertz CT molecular complexity index is 541. The Labute approximate surface area is 137 Å². The van der Waals surface area contributed by atoms with E-state index in [9.17, 15) is 9.59 Å². The summed E-state index contributed by atoms with van der Waals surface area (Å²) in [7, 11) is 0. The van der Waals surface area contributed by atoms with E-state index in [2.05, 4.69) is 0 Å². The number of piperazine rings is 1. The van der Waals surface area contributed by atoms with E-state index in [0.29, 0.717) is 37.6 Å². The third-order valence-electron chi connectivity index (χ3n) is 3.83. The van der Waals surface area contributed by atoms with Crippen LogP contribution in [0.2, 0.25) is 5.02 Å². The van der Waals surface area contributed by atoms with Gasteiger partial charge in [-0.05, 0) is 17.7 Å². The zero-order valence-corrected chi connectivity index (χ0v) is 14.2. The molecule has 1 aromatic carbocycles. The number of carbonyl (C=O) groups excluding carboxylic acids is 2. The number of rotatable bonds is 2. The van der Waals surface area contributed by atoms with Crippen molar-refractivity contribution < 1.29 is 9.59 Å². The van der Waals surface area contributed by atoms with Crippen LogP contribution in [-0.2, 0) is 16.0 Å². The number of halogens is 1. The SMILES string of the molecule is CC(C)(C)C(=O)N1CCN(C(=O)Cc2ccc(Cl)cc2)CC1. The Morgan fingerprint density at radius 2 is 1.50 bits per heavy atom. The van der Waals surface area contributed by atoms with Crippen molar-refractivity contribution in [3.05, 3.63) is 34.9 Å². The van der Waals surface area contributed by atoms with Gasteiger partial charge in [-0.25, -0.2) is 0 Å². The Balaban J connectivity index is 1.87. The van der Waals surface area contributed by atoms with Crippen LogP contribution in [0.5, 0.6) is 0 Å². The molecule has 0 aliphatic carbocycles. The zero-order chi connectivity index (χ0) is 16.3. The molecule has 1 saturated heterocycles. The van der Waals surface area contributed by atoms with Crippen LogP contribution in [-0.4, -0.2) is 47.8 Å². The fraction of sp³-hybridized carbons (Fsp3) is 0.529. The lowest BCUT2D eigenvalue weighted by molar-refractivity contribution is -0.144. The first-order chi connectivity index (χ1) is 10.3. The van der Waals surface area contributed by atoms with Crippen molar-refractivity contribution in [3.63, 3.8) is 0 Å². The van der Waals surface area contributed by atoms with Gasteiger partial charge in [0.1, 0.15) is 0 Å². The number of carbonyl (C=O) groups is 2. The van der Waals surface area contributed by atoms with E-state index < -0.39 is 0 Å². The predicted octanol–water partition coefficient (Wildman–Crippen LogP) is 2.60. The molecular weight excluding hydrogens is 300 g/mol. The van der Waals surface area contributed by atoms with Crippen molar-refractivity contribution in [2.45, 2.75) is 27.2 Å². The molecule has 0 aromatic heterocycles. The first-order valence-corrected chi connectivity index (χ1v) is 7.97. The second-order valence-electron chi connectivity index (χ2n) is 6.73. The van der Waals surface area contributed by atoms with Crippen LogP contribution in [0.25, 0.3) is 0 Å². The number of hydrogen-bond acceptors (Lipinski definition) is 2. The fourth-order valence-electron chi connectivity index (χ4n) is 2.52. The number of benzene rings is 1. The molecule has 22 heavy (non-hydrogen) atoms. The quantitative estimate of drug-likeness (QED) is 0.839. The second-order valence-corrected chi connectivity index (χ2v) is 7.16. The highest BCUT2D eigenvalue weighted by molar-refractivity contribution is 6.30. The van der Waals surface area contributed by atoms with Gasteiger partial charge in [0.15, 0.2) is 0 Å². The largest absolute Gasteiger partial charge is 0.339 e. The zero-order valence-electron chi connectivity index (χ0n) is 13.4. The van der Waals surface area contributed by atoms with Gasteiger partial charge >= 0.3 is 0 Å². The van der Waals surface area contributed by atoms with Gasteiger partial charge in [-0.2, -0.15) is 0 Å². The summed E-state index contributed by atoms with van der Waals surface area (Å²) in [6.07, 6.45) is 0.379. The van der Waals surface area contributed by atoms with E-state index in [0.717, 1.165) is 5.56 Å². The molecule has 0 N–H and O–H groups in total. The Morgan fingerprint density at radius 1 is 1.00 bits per heavy atom. The van der Waals surface area contributed by atoms with Crippen LogP contribution in [0.3, 0.4) is 0 Å². The normalized spacial score (nSPS) is 15.8. The van der Waals surface area contributed by atoms with Crippen LogP contribution in [0.4, 0.5) is 0 Å². The molecule has 4 nitrogen and oxygen atoms in total. The molecule has 2 amide bonds. The lowest BCUT2D eigenvalue weighted by Crippen LogP contribution is -2.53. The summed E-state index contributed by atoms with van der Waals surface area (Å²) in [5.41, 5.74) is 0.595. The molecule has 120 valence electrons. The number of nitrogens with zero attached hydrogens (tertiary/aromatic N) is 2. The molecule has 0 saturated carbocycles. The molecule has 1 fully saturated rings. The van der Waals surface area contributed by atoms with Gasteiger partial charge in [-0.1, -0.05) is 44.5 Å². The lowest BCUT2D eigenvalue weighted by atomic mass is 9.94. The standard InChI is InChI=1S/C17H23ClN2O2/c1-17(2,3)16(22)20-10-8-19(9-11-20)15(21)12-13-4-6-14(18)7-5-13/h4-7H,8-12H2,1-3H3. The number of hydrogen-bond donors (Lipinski definition) is 0. The first kappa shape index (κ1) is 16.8. The van der Waals surface area contributed by atoms with E-state index in [1.807, 2.05) is 42.7 Å². The van der Waals surface area contributed by atoms with Gasteiger partial charge < -0.3 is 9.80 Å². The van der Waals surface area contributed by atoms with Gasteiger partial charge in [0.2, 0.25) is 11.8 Å². The molecule has 1 aromatic rings. The summed E-state index contributed by atoms with van der Waals surface area (Å²) in [6.45, 7) is 8.21. The highest BCUT2D eigenvalue weighted by Crippen LogP contribution is 2.19. The highest BCUT2D eigenvalue weighted by Gasteiger charge is 2.30. The van der Waals surface area contributed by atoms with E-state index in [4.69, 9.17) is 11.6 Å². The predicted molar refractivity (Wildman–Crippen MR) is 87.8 cm³/mol. The van der Waals surface area contributed by atoms with Crippen molar-refractivity contribution >= 4 is 23.4 Å². The molecule has 0 bridgehead atoms. The van der Waals surface area contributed by atoms with Crippen LogP contribution in [0.1, 0.15) is 26.3 Å². The van der Waals surface area contributed by atoms with Gasteiger partial charge in [-0.15, -0.1) is 0 Å². The Kier molecular flexibility index (Phi) is 5.12. The van der Waals surface area contributed by atoms with E-state index in [1.54, 1.807) is 12.1 Å². The van der Waals surface area contributed by atoms with E-state index in [1.165, 1.54) is 0 Å². The van der Waals surface area contributed by atoms with Gasteiger partial charge in [0.25, 0.3) is 0 Å². The van der Waals surface area contributed by atoms with Crippen molar-refractivity contribution in [1.82, 2.24) is 9.80 Å². The van der Waals surface area contributed by atoms with Crippen molar-refractivity contribution in [1.29, 1.82) is 0 Å². The molecule has 0 radical (unpaired) electrons. The first-order valence-electron chi connectivity index (χ1n) is 7.59. The summed E-state index contributed by atoms with van der Waals surface area (Å²) in [5.74, 6) is 0.252. The molecule has 1 aliphatic heterocycles. The van der Waals surface area contributed by atoms with E-state index >= 15 is 0 Å². The molecule has 5 heteroatoms. The molecule has 1 aliphatic rings. The lowest BCUT2D eigenvalue weighted by Gasteiger charge is -2.37. The van der Waals surface area contributed by atoms with E-state index in [-0.39, 0.29) is 17.2 Å². The third kappa shape index (κ3) is 4.23. The smallest absolute Gasteiger partial charge is 0.228 e. The maximum absolute atomic E-state index is 12.3. The van der Waals surface area contributed by atoms with Crippen molar-refractivity contribution in [3.8, 4) is 0 Å². The Morgan fingerprint density at radius 3 is 2.00 bits per heavy atom.